The van der Waals surface area contributed by atoms with Crippen molar-refractivity contribution in [2.45, 2.75) is 57.8 Å². The van der Waals surface area contributed by atoms with Gasteiger partial charge in [-0.3, -0.25) is 0 Å². The van der Waals surface area contributed by atoms with Gasteiger partial charge in [0.2, 0.25) is 0 Å². The molecule has 1 aromatic rings. The molecule has 4 atom stereocenters. The third kappa shape index (κ3) is 2.75. The monoisotopic (exact) mass is 278 g/mol. The molecule has 110 valence electrons. The molecule has 0 heterocycles. The van der Waals surface area contributed by atoms with Gasteiger partial charge in [0.25, 0.3) is 0 Å². The zero-order valence-corrected chi connectivity index (χ0v) is 12.2. The highest BCUT2D eigenvalue weighted by Crippen LogP contribution is 2.48. The molecule has 2 aliphatic carbocycles. The lowest BCUT2D eigenvalue weighted by Crippen LogP contribution is -2.30. The van der Waals surface area contributed by atoms with Crippen molar-refractivity contribution in [1.82, 2.24) is 0 Å². The molecule has 2 saturated carbocycles. The van der Waals surface area contributed by atoms with Crippen molar-refractivity contribution in [1.29, 1.82) is 0 Å². The highest BCUT2D eigenvalue weighted by molar-refractivity contribution is 5.22. The standard InChI is InChI=1S/C18H24F2/c1-2-12-3-4-14-10-15(6-5-13(14)9-12)16-7-8-17(19)18(20)11-16/h7-8,11-15H,2-6,9-10H2,1H3. The second-order valence-electron chi connectivity index (χ2n) is 6.79. The largest absolute Gasteiger partial charge is 0.204 e. The lowest BCUT2D eigenvalue weighted by Gasteiger charge is -2.42. The molecule has 1 aromatic carbocycles. The normalized spacial score (nSPS) is 33.8. The van der Waals surface area contributed by atoms with Crippen LogP contribution >= 0.6 is 0 Å². The van der Waals surface area contributed by atoms with E-state index in [0.29, 0.717) is 5.92 Å². The first-order valence-corrected chi connectivity index (χ1v) is 8.12. The Morgan fingerprint density at radius 2 is 1.70 bits per heavy atom. The minimum atomic E-state index is -0.731. The smallest absolute Gasteiger partial charge is 0.159 e. The van der Waals surface area contributed by atoms with Crippen LogP contribution in [0.3, 0.4) is 0 Å². The number of halogens is 2. The van der Waals surface area contributed by atoms with Gasteiger partial charge in [0.1, 0.15) is 0 Å². The molecule has 0 amide bonds. The summed E-state index contributed by atoms with van der Waals surface area (Å²) in [7, 11) is 0. The van der Waals surface area contributed by atoms with Gasteiger partial charge in [-0.25, -0.2) is 8.78 Å². The van der Waals surface area contributed by atoms with E-state index in [1.165, 1.54) is 50.7 Å². The van der Waals surface area contributed by atoms with Crippen LogP contribution in [0, 0.1) is 29.4 Å². The molecule has 0 aromatic heterocycles. The number of benzene rings is 1. The summed E-state index contributed by atoms with van der Waals surface area (Å²) in [6.45, 7) is 2.30. The highest BCUT2D eigenvalue weighted by atomic mass is 19.2. The minimum absolute atomic E-state index is 0.435. The van der Waals surface area contributed by atoms with Crippen LogP contribution in [0.1, 0.15) is 63.4 Å². The van der Waals surface area contributed by atoms with Crippen LogP contribution < -0.4 is 0 Å². The summed E-state index contributed by atoms with van der Waals surface area (Å²) < 4.78 is 26.4. The van der Waals surface area contributed by atoms with E-state index in [2.05, 4.69) is 6.92 Å². The highest BCUT2D eigenvalue weighted by Gasteiger charge is 2.35. The third-order valence-electron chi connectivity index (χ3n) is 5.71. The molecule has 20 heavy (non-hydrogen) atoms. The zero-order valence-electron chi connectivity index (χ0n) is 12.2. The van der Waals surface area contributed by atoms with E-state index < -0.39 is 11.6 Å². The van der Waals surface area contributed by atoms with Gasteiger partial charge in [-0.05, 0) is 73.5 Å². The van der Waals surface area contributed by atoms with Gasteiger partial charge in [-0.2, -0.15) is 0 Å². The number of rotatable bonds is 2. The fourth-order valence-electron chi connectivity index (χ4n) is 4.43. The molecule has 0 bridgehead atoms. The molecule has 2 aliphatic rings. The van der Waals surface area contributed by atoms with Crippen LogP contribution in [-0.4, -0.2) is 0 Å². The Labute approximate surface area is 120 Å². The average Bonchev–Trinajstić information content (AvgIpc) is 2.49. The van der Waals surface area contributed by atoms with Gasteiger partial charge >= 0.3 is 0 Å². The van der Waals surface area contributed by atoms with Gasteiger partial charge in [-0.1, -0.05) is 25.8 Å². The average molecular weight is 278 g/mol. The third-order valence-corrected chi connectivity index (χ3v) is 5.71. The van der Waals surface area contributed by atoms with Crippen molar-refractivity contribution < 1.29 is 8.78 Å². The SMILES string of the molecule is CCC1CCC2CC(c3ccc(F)c(F)c3)CCC2C1. The molecule has 0 aliphatic heterocycles. The number of fused-ring (bicyclic) bond motifs is 1. The summed E-state index contributed by atoms with van der Waals surface area (Å²) in [6.07, 6.45) is 8.99. The summed E-state index contributed by atoms with van der Waals surface area (Å²) in [5.41, 5.74) is 1.000. The van der Waals surface area contributed by atoms with Gasteiger partial charge in [-0.15, -0.1) is 0 Å². The van der Waals surface area contributed by atoms with Gasteiger partial charge in [0, 0.05) is 0 Å². The molecule has 4 unspecified atom stereocenters. The van der Waals surface area contributed by atoms with E-state index in [4.69, 9.17) is 0 Å². The first kappa shape index (κ1) is 14.0. The molecular formula is C18H24F2. The summed E-state index contributed by atoms with van der Waals surface area (Å²) in [5.74, 6) is 1.63. The molecule has 0 spiro atoms. The van der Waals surface area contributed by atoms with Gasteiger partial charge < -0.3 is 0 Å². The van der Waals surface area contributed by atoms with Crippen molar-refractivity contribution in [3.63, 3.8) is 0 Å². The molecule has 2 fully saturated rings. The second-order valence-corrected chi connectivity index (χ2v) is 6.79. The van der Waals surface area contributed by atoms with Crippen molar-refractivity contribution in [2.75, 3.05) is 0 Å². The van der Waals surface area contributed by atoms with Crippen LogP contribution in [-0.2, 0) is 0 Å². The number of hydrogen-bond donors (Lipinski definition) is 0. The molecule has 3 rings (SSSR count). The maximum atomic E-state index is 13.4. The van der Waals surface area contributed by atoms with Gasteiger partial charge in [0.15, 0.2) is 11.6 Å². The van der Waals surface area contributed by atoms with E-state index in [1.807, 2.05) is 0 Å². The molecule has 0 radical (unpaired) electrons. The molecule has 0 N–H and O–H groups in total. The van der Waals surface area contributed by atoms with E-state index >= 15 is 0 Å². The van der Waals surface area contributed by atoms with Gasteiger partial charge in [0.05, 0.1) is 0 Å². The first-order chi connectivity index (χ1) is 9.67. The summed E-state index contributed by atoms with van der Waals surface area (Å²) >= 11 is 0. The quantitative estimate of drug-likeness (QED) is 0.653. The topological polar surface area (TPSA) is 0 Å². The van der Waals surface area contributed by atoms with Crippen molar-refractivity contribution in [3.8, 4) is 0 Å². The maximum Gasteiger partial charge on any atom is 0.159 e. The Bertz CT molecular complexity index is 468. The van der Waals surface area contributed by atoms with E-state index in [0.717, 1.165) is 29.7 Å². The lowest BCUT2D eigenvalue weighted by molar-refractivity contribution is 0.116. The van der Waals surface area contributed by atoms with Crippen LogP contribution in [0.25, 0.3) is 0 Å². The van der Waals surface area contributed by atoms with E-state index in [1.54, 1.807) is 6.07 Å². The predicted octanol–water partition coefficient (Wildman–Crippen LogP) is 5.67. The minimum Gasteiger partial charge on any atom is -0.204 e. The summed E-state index contributed by atoms with van der Waals surface area (Å²) in [6, 6.07) is 4.48. The number of hydrogen-bond acceptors (Lipinski definition) is 0. The molecular weight excluding hydrogens is 254 g/mol. The van der Waals surface area contributed by atoms with Crippen molar-refractivity contribution in [2.24, 2.45) is 17.8 Å². The molecule has 0 nitrogen and oxygen atoms in total. The Morgan fingerprint density at radius 1 is 0.950 bits per heavy atom. The second kappa shape index (κ2) is 5.83. The Kier molecular flexibility index (Phi) is 4.09. The van der Waals surface area contributed by atoms with Crippen molar-refractivity contribution in [3.05, 3.63) is 35.4 Å². The fraction of sp³-hybridized carbons (Fsp3) is 0.667. The first-order valence-electron chi connectivity index (χ1n) is 8.12. The van der Waals surface area contributed by atoms with Crippen LogP contribution in [0.2, 0.25) is 0 Å². The lowest BCUT2D eigenvalue weighted by atomic mass is 9.63. The summed E-state index contributed by atoms with van der Waals surface area (Å²) in [5, 5.41) is 0. The van der Waals surface area contributed by atoms with Crippen LogP contribution in [0.5, 0.6) is 0 Å². The summed E-state index contributed by atoms with van der Waals surface area (Å²) in [4.78, 5) is 0. The van der Waals surface area contributed by atoms with Crippen LogP contribution in [0.15, 0.2) is 18.2 Å². The Balaban J connectivity index is 1.68. The molecule has 2 heteroatoms. The van der Waals surface area contributed by atoms with Crippen LogP contribution in [0.4, 0.5) is 8.78 Å². The van der Waals surface area contributed by atoms with E-state index in [9.17, 15) is 8.78 Å². The molecule has 0 saturated heterocycles. The predicted molar refractivity (Wildman–Crippen MR) is 77.6 cm³/mol. The fourth-order valence-corrected chi connectivity index (χ4v) is 4.43. The van der Waals surface area contributed by atoms with E-state index in [-0.39, 0.29) is 0 Å². The zero-order chi connectivity index (χ0) is 14.1. The Hall–Kier alpha value is -0.920. The van der Waals surface area contributed by atoms with Crippen molar-refractivity contribution >= 4 is 0 Å². The maximum absolute atomic E-state index is 13.4. The Morgan fingerprint density at radius 3 is 2.45 bits per heavy atom.